The first-order valence-electron chi connectivity index (χ1n) is 6.45. The molecule has 1 aromatic rings. The summed E-state index contributed by atoms with van der Waals surface area (Å²) in [6.07, 6.45) is 2.07. The van der Waals surface area contributed by atoms with E-state index >= 15 is 0 Å². The summed E-state index contributed by atoms with van der Waals surface area (Å²) in [6.45, 7) is 4.85. The van der Waals surface area contributed by atoms with E-state index in [1.54, 1.807) is 0 Å². The largest absolute Gasteiger partial charge is 0.381 e. The van der Waals surface area contributed by atoms with Gasteiger partial charge in [-0.25, -0.2) is 0 Å². The molecular weight excluding hydrogens is 314 g/mol. The molecule has 1 aliphatic heterocycles. The molecule has 0 spiro atoms. The minimum absolute atomic E-state index is 0.511. The van der Waals surface area contributed by atoms with Gasteiger partial charge in [-0.1, -0.05) is 40.5 Å². The fraction of sp³-hybridized carbons (Fsp3) is 0.571. The molecule has 1 aliphatic rings. The third kappa shape index (κ3) is 3.70. The topological polar surface area (TPSA) is 21.3 Å². The van der Waals surface area contributed by atoms with Gasteiger partial charge in [-0.15, -0.1) is 0 Å². The van der Waals surface area contributed by atoms with E-state index in [9.17, 15) is 0 Å². The van der Waals surface area contributed by atoms with Gasteiger partial charge in [0.05, 0.1) is 6.61 Å². The highest BCUT2D eigenvalue weighted by atomic mass is 79.9. The van der Waals surface area contributed by atoms with Crippen molar-refractivity contribution in [2.75, 3.05) is 19.8 Å². The summed E-state index contributed by atoms with van der Waals surface area (Å²) in [5.74, 6) is 0.511. The summed E-state index contributed by atoms with van der Waals surface area (Å²) in [6, 6.07) is 6.66. The zero-order chi connectivity index (χ0) is 13.0. The molecule has 0 aromatic heterocycles. The summed E-state index contributed by atoms with van der Waals surface area (Å²) in [4.78, 5) is 0. The van der Waals surface area contributed by atoms with Crippen LogP contribution in [0.4, 0.5) is 0 Å². The maximum Gasteiger partial charge on any atom is 0.0512 e. The number of hydrogen-bond acceptors (Lipinski definition) is 2. The van der Waals surface area contributed by atoms with Gasteiger partial charge < -0.3 is 10.1 Å². The van der Waals surface area contributed by atoms with Gasteiger partial charge in [0, 0.05) is 28.1 Å². The monoisotopic (exact) mass is 331 g/mol. The van der Waals surface area contributed by atoms with Crippen molar-refractivity contribution in [1.29, 1.82) is 0 Å². The van der Waals surface area contributed by atoms with Crippen molar-refractivity contribution in [2.45, 2.75) is 25.8 Å². The molecule has 2 nitrogen and oxygen atoms in total. The molecular formula is C14H19BrClNO. The van der Waals surface area contributed by atoms with Crippen molar-refractivity contribution in [2.24, 2.45) is 5.92 Å². The average Bonchev–Trinajstić information content (AvgIpc) is 2.35. The quantitative estimate of drug-likeness (QED) is 0.908. The first kappa shape index (κ1) is 14.3. The van der Waals surface area contributed by atoms with Gasteiger partial charge in [-0.2, -0.15) is 0 Å². The Balaban J connectivity index is 2.06. The van der Waals surface area contributed by atoms with E-state index in [2.05, 4.69) is 34.2 Å². The Labute approximate surface area is 122 Å². The summed E-state index contributed by atoms with van der Waals surface area (Å²) >= 11 is 9.72. The number of ether oxygens (including phenoxy) is 1. The standard InChI is InChI=1S/C14H19BrClNO/c1-2-17-14-5-6-18-9-11(14)7-10-3-4-12(15)8-13(10)16/h3-4,8,11,14,17H,2,5-7,9H2,1H3. The molecule has 1 heterocycles. The molecule has 1 fully saturated rings. The SMILES string of the molecule is CCNC1CCOCC1Cc1ccc(Br)cc1Cl. The highest BCUT2D eigenvalue weighted by molar-refractivity contribution is 9.10. The van der Waals surface area contributed by atoms with Crippen molar-refractivity contribution in [3.8, 4) is 0 Å². The molecule has 18 heavy (non-hydrogen) atoms. The predicted molar refractivity (Wildman–Crippen MR) is 79.2 cm³/mol. The minimum atomic E-state index is 0.511. The lowest BCUT2D eigenvalue weighted by Gasteiger charge is -2.32. The molecule has 0 aliphatic carbocycles. The summed E-state index contributed by atoms with van der Waals surface area (Å²) < 4.78 is 6.63. The Morgan fingerprint density at radius 1 is 1.50 bits per heavy atom. The second kappa shape index (κ2) is 6.90. The van der Waals surface area contributed by atoms with Crippen molar-refractivity contribution in [3.05, 3.63) is 33.3 Å². The van der Waals surface area contributed by atoms with E-state index in [1.807, 2.05) is 12.1 Å². The van der Waals surface area contributed by atoms with Gasteiger partial charge in [-0.05, 0) is 37.1 Å². The van der Waals surface area contributed by atoms with Crippen LogP contribution in [0.25, 0.3) is 0 Å². The average molecular weight is 333 g/mol. The molecule has 0 radical (unpaired) electrons. The second-order valence-corrected chi connectivity index (χ2v) is 6.05. The number of rotatable bonds is 4. The summed E-state index contributed by atoms with van der Waals surface area (Å²) in [5, 5.41) is 4.39. The summed E-state index contributed by atoms with van der Waals surface area (Å²) in [5.41, 5.74) is 1.21. The maximum absolute atomic E-state index is 6.28. The smallest absolute Gasteiger partial charge is 0.0512 e. The molecule has 2 rings (SSSR count). The Morgan fingerprint density at radius 2 is 2.33 bits per heavy atom. The van der Waals surface area contributed by atoms with Gasteiger partial charge in [0.15, 0.2) is 0 Å². The minimum Gasteiger partial charge on any atom is -0.381 e. The Hall–Kier alpha value is -0.0900. The molecule has 1 aromatic carbocycles. The van der Waals surface area contributed by atoms with Gasteiger partial charge in [0.1, 0.15) is 0 Å². The summed E-state index contributed by atoms with van der Waals surface area (Å²) in [7, 11) is 0. The van der Waals surface area contributed by atoms with E-state index in [1.165, 1.54) is 5.56 Å². The van der Waals surface area contributed by atoms with Crippen LogP contribution in [0.2, 0.25) is 5.02 Å². The van der Waals surface area contributed by atoms with Crippen molar-refractivity contribution in [3.63, 3.8) is 0 Å². The Bertz CT molecular complexity index is 397. The lowest BCUT2D eigenvalue weighted by Crippen LogP contribution is -2.43. The molecule has 100 valence electrons. The normalized spacial score (nSPS) is 24.2. The second-order valence-electron chi connectivity index (χ2n) is 4.73. The fourth-order valence-corrected chi connectivity index (χ4v) is 3.25. The molecule has 2 unspecified atom stereocenters. The van der Waals surface area contributed by atoms with E-state index in [4.69, 9.17) is 16.3 Å². The molecule has 0 amide bonds. The first-order chi connectivity index (χ1) is 8.70. The highest BCUT2D eigenvalue weighted by Crippen LogP contribution is 2.26. The fourth-order valence-electron chi connectivity index (χ4n) is 2.50. The van der Waals surface area contributed by atoms with Crippen LogP contribution in [-0.4, -0.2) is 25.8 Å². The molecule has 4 heteroatoms. The zero-order valence-electron chi connectivity index (χ0n) is 10.6. The van der Waals surface area contributed by atoms with Gasteiger partial charge in [0.2, 0.25) is 0 Å². The van der Waals surface area contributed by atoms with Crippen molar-refractivity contribution >= 4 is 27.5 Å². The van der Waals surface area contributed by atoms with Crippen molar-refractivity contribution < 1.29 is 4.74 Å². The molecule has 1 saturated heterocycles. The molecule has 2 atom stereocenters. The van der Waals surface area contributed by atoms with Crippen LogP contribution in [0, 0.1) is 5.92 Å². The maximum atomic E-state index is 6.28. The number of halogens is 2. The van der Waals surface area contributed by atoms with E-state index < -0.39 is 0 Å². The molecule has 1 N–H and O–H groups in total. The molecule has 0 bridgehead atoms. The number of nitrogens with one attached hydrogen (secondary N) is 1. The number of hydrogen-bond donors (Lipinski definition) is 1. The van der Waals surface area contributed by atoms with Crippen LogP contribution in [-0.2, 0) is 11.2 Å². The molecule has 0 saturated carbocycles. The van der Waals surface area contributed by atoms with Crippen molar-refractivity contribution in [1.82, 2.24) is 5.32 Å². The van der Waals surface area contributed by atoms with Crippen LogP contribution >= 0.6 is 27.5 Å². The van der Waals surface area contributed by atoms with E-state index in [0.717, 1.165) is 42.1 Å². The van der Waals surface area contributed by atoms with Gasteiger partial charge in [-0.3, -0.25) is 0 Å². The third-order valence-electron chi connectivity index (χ3n) is 3.44. The van der Waals surface area contributed by atoms with Crippen LogP contribution in [0.1, 0.15) is 18.9 Å². The van der Waals surface area contributed by atoms with Crippen LogP contribution < -0.4 is 5.32 Å². The van der Waals surface area contributed by atoms with Gasteiger partial charge in [0.25, 0.3) is 0 Å². The first-order valence-corrected chi connectivity index (χ1v) is 7.63. The Morgan fingerprint density at radius 3 is 3.06 bits per heavy atom. The Kier molecular flexibility index (Phi) is 5.49. The number of benzene rings is 1. The highest BCUT2D eigenvalue weighted by Gasteiger charge is 2.25. The lowest BCUT2D eigenvalue weighted by molar-refractivity contribution is 0.0327. The van der Waals surface area contributed by atoms with E-state index in [-0.39, 0.29) is 0 Å². The zero-order valence-corrected chi connectivity index (χ0v) is 12.9. The van der Waals surface area contributed by atoms with Gasteiger partial charge >= 0.3 is 0 Å². The van der Waals surface area contributed by atoms with Crippen LogP contribution in [0.5, 0.6) is 0 Å². The van der Waals surface area contributed by atoms with Crippen LogP contribution in [0.15, 0.2) is 22.7 Å². The lowest BCUT2D eigenvalue weighted by atomic mass is 9.89. The van der Waals surface area contributed by atoms with Crippen LogP contribution in [0.3, 0.4) is 0 Å². The predicted octanol–water partition coefficient (Wildman–Crippen LogP) is 3.66. The van der Waals surface area contributed by atoms with E-state index in [0.29, 0.717) is 12.0 Å². The third-order valence-corrected chi connectivity index (χ3v) is 4.28.